The van der Waals surface area contributed by atoms with E-state index < -0.39 is 90.8 Å². The molecule has 0 aliphatic rings. The van der Waals surface area contributed by atoms with Gasteiger partial charge in [0.2, 0.25) is 29.5 Å². The zero-order valence-electron chi connectivity index (χ0n) is 32.4. The van der Waals surface area contributed by atoms with E-state index in [2.05, 4.69) is 31.6 Å². The van der Waals surface area contributed by atoms with Crippen LogP contribution in [0.15, 0.2) is 85.1 Å². The highest BCUT2D eigenvalue weighted by molar-refractivity contribution is 5.98. The summed E-state index contributed by atoms with van der Waals surface area (Å²) >= 11 is 0. The van der Waals surface area contributed by atoms with Crippen LogP contribution in [-0.4, -0.2) is 110 Å². The molecule has 0 aliphatic carbocycles. The molecule has 0 radical (unpaired) electrons. The fourth-order valence-electron chi connectivity index (χ4n) is 6.09. The molecule has 0 aliphatic heterocycles. The number of aliphatic carboxylic acids is 2. The summed E-state index contributed by atoms with van der Waals surface area (Å²) in [6, 6.07) is 12.3. The molecule has 6 atom stereocenters. The summed E-state index contributed by atoms with van der Waals surface area (Å²) in [6.07, 6.45) is 0.0931. The summed E-state index contributed by atoms with van der Waals surface area (Å²) in [5, 5.41) is 52.2. The van der Waals surface area contributed by atoms with Gasteiger partial charge in [-0.3, -0.25) is 28.8 Å². The molecule has 12 N–H and O–H groups in total. The summed E-state index contributed by atoms with van der Waals surface area (Å²) in [5.74, 6) is -7.99. The second kappa shape index (κ2) is 21.1. The standard InChI is InChI=1S/C41H49N7O11/c1-22(2)35(42)40(57)48-33(21-49)39(56)44-29(16-23-8-4-3-5-9-23)36(53)46-31(19-34(51)52)38(55)45-30(18-25-20-43-28-11-7-6-10-27(25)28)37(54)47-32(41(58)59)17-24-12-14-26(50)15-13-24/h3-15,20,22,29-33,35,43,49-50H,16-19,21,42H2,1-2H3,(H,44,56)(H,45,55)(H,46,53)(H,47,54)(H,48,57)(H,51,52)(H,58,59)/t29-,30-,31-,32-,33-,35-/m0/s1. The van der Waals surface area contributed by atoms with Gasteiger partial charge in [0.15, 0.2) is 0 Å². The minimum Gasteiger partial charge on any atom is -0.508 e. The van der Waals surface area contributed by atoms with E-state index in [9.17, 15) is 54.0 Å². The number of H-pyrrole nitrogens is 1. The van der Waals surface area contributed by atoms with Crippen LogP contribution < -0.4 is 32.3 Å². The molecule has 0 saturated heterocycles. The molecule has 0 unspecified atom stereocenters. The molecule has 1 heterocycles. The number of aromatic nitrogens is 1. The Kier molecular flexibility index (Phi) is 16.1. The molecule has 3 aromatic carbocycles. The van der Waals surface area contributed by atoms with Crippen molar-refractivity contribution in [1.29, 1.82) is 0 Å². The number of para-hydroxylation sites is 1. The number of rotatable bonds is 21. The number of carbonyl (C=O) groups is 7. The molecule has 1 aromatic heterocycles. The first-order valence-electron chi connectivity index (χ1n) is 18.8. The van der Waals surface area contributed by atoms with Crippen LogP contribution in [0.5, 0.6) is 5.75 Å². The molecular weight excluding hydrogens is 766 g/mol. The number of carboxylic acids is 2. The van der Waals surface area contributed by atoms with E-state index in [0.29, 0.717) is 27.6 Å². The number of aromatic hydroxyl groups is 1. The minimum atomic E-state index is -1.82. The zero-order valence-corrected chi connectivity index (χ0v) is 32.4. The maximum atomic E-state index is 14.0. The van der Waals surface area contributed by atoms with Gasteiger partial charge in [-0.1, -0.05) is 74.5 Å². The van der Waals surface area contributed by atoms with Crippen LogP contribution in [0, 0.1) is 5.92 Å². The molecule has 18 heteroatoms. The zero-order chi connectivity index (χ0) is 43.2. The highest BCUT2D eigenvalue weighted by atomic mass is 16.4. The molecule has 4 aromatic rings. The highest BCUT2D eigenvalue weighted by Gasteiger charge is 2.34. The van der Waals surface area contributed by atoms with Crippen molar-refractivity contribution >= 4 is 52.4 Å². The van der Waals surface area contributed by atoms with Gasteiger partial charge in [0, 0.05) is 36.4 Å². The van der Waals surface area contributed by atoms with Crippen molar-refractivity contribution in [2.75, 3.05) is 6.61 Å². The number of amides is 5. The smallest absolute Gasteiger partial charge is 0.326 e. The van der Waals surface area contributed by atoms with Gasteiger partial charge in [-0.2, -0.15) is 0 Å². The first-order valence-corrected chi connectivity index (χ1v) is 18.8. The van der Waals surface area contributed by atoms with Crippen LogP contribution in [0.2, 0.25) is 0 Å². The Morgan fingerprint density at radius 1 is 0.610 bits per heavy atom. The van der Waals surface area contributed by atoms with Gasteiger partial charge < -0.3 is 57.7 Å². The topological polar surface area (TPSA) is 302 Å². The van der Waals surface area contributed by atoms with Gasteiger partial charge in [-0.25, -0.2) is 4.79 Å². The van der Waals surface area contributed by atoms with Crippen molar-refractivity contribution in [2.45, 2.75) is 75.8 Å². The monoisotopic (exact) mass is 815 g/mol. The summed E-state index contributed by atoms with van der Waals surface area (Å²) in [7, 11) is 0. The fraction of sp³-hybridized carbons (Fsp3) is 0.341. The number of aromatic amines is 1. The van der Waals surface area contributed by atoms with Crippen LogP contribution in [0.4, 0.5) is 0 Å². The second-order valence-corrected chi connectivity index (χ2v) is 14.3. The van der Waals surface area contributed by atoms with Crippen molar-refractivity contribution in [2.24, 2.45) is 11.7 Å². The van der Waals surface area contributed by atoms with Crippen molar-refractivity contribution in [3.8, 4) is 5.75 Å². The third-order valence-corrected chi connectivity index (χ3v) is 9.49. The van der Waals surface area contributed by atoms with Gasteiger partial charge >= 0.3 is 11.9 Å². The first kappa shape index (κ1) is 44.9. The van der Waals surface area contributed by atoms with E-state index in [0.717, 1.165) is 0 Å². The molecule has 314 valence electrons. The second-order valence-electron chi connectivity index (χ2n) is 14.3. The molecule has 4 rings (SSSR count). The molecule has 0 spiro atoms. The average Bonchev–Trinajstić information content (AvgIpc) is 3.61. The van der Waals surface area contributed by atoms with Crippen LogP contribution in [0.3, 0.4) is 0 Å². The number of benzene rings is 3. The molecule has 0 bridgehead atoms. The Balaban J connectivity index is 1.60. The third kappa shape index (κ3) is 13.1. The lowest BCUT2D eigenvalue weighted by atomic mass is 10.0. The molecule has 0 fully saturated rings. The number of hydrogen-bond acceptors (Lipinski definition) is 10. The molecule has 59 heavy (non-hydrogen) atoms. The Hall–Kier alpha value is -6.79. The largest absolute Gasteiger partial charge is 0.508 e. The lowest BCUT2D eigenvalue weighted by Crippen LogP contribution is -2.60. The Morgan fingerprint density at radius 2 is 1.10 bits per heavy atom. The van der Waals surface area contributed by atoms with Crippen LogP contribution in [0.25, 0.3) is 10.9 Å². The maximum absolute atomic E-state index is 14.0. The summed E-state index contributed by atoms with van der Waals surface area (Å²) in [4.78, 5) is 95.2. The van der Waals surface area contributed by atoms with Gasteiger partial charge in [-0.15, -0.1) is 0 Å². The Labute approximate surface area is 338 Å². The predicted octanol–water partition coefficient (Wildman–Crippen LogP) is -0.140. The Bertz CT molecular complexity index is 2110. The lowest BCUT2D eigenvalue weighted by Gasteiger charge is -2.27. The number of nitrogens with two attached hydrogens (primary N) is 1. The summed E-state index contributed by atoms with van der Waals surface area (Å²) in [5.41, 5.74) is 8.17. The number of aliphatic hydroxyl groups excluding tert-OH is 1. The molecule has 5 amide bonds. The summed E-state index contributed by atoms with van der Waals surface area (Å²) < 4.78 is 0. The number of fused-ring (bicyclic) bond motifs is 1. The Morgan fingerprint density at radius 3 is 1.69 bits per heavy atom. The minimum absolute atomic E-state index is 0.0481. The number of carboxylic acid groups (broad SMARTS) is 2. The number of phenols is 1. The van der Waals surface area contributed by atoms with E-state index in [4.69, 9.17) is 5.73 Å². The van der Waals surface area contributed by atoms with E-state index in [1.165, 1.54) is 24.3 Å². The van der Waals surface area contributed by atoms with E-state index >= 15 is 0 Å². The predicted molar refractivity (Wildman–Crippen MR) is 213 cm³/mol. The molecule has 18 nitrogen and oxygen atoms in total. The van der Waals surface area contributed by atoms with Gasteiger partial charge in [0.25, 0.3) is 0 Å². The van der Waals surface area contributed by atoms with E-state index in [1.807, 2.05) is 0 Å². The normalized spacial score (nSPS) is 14.2. The molecular formula is C41H49N7O11. The van der Waals surface area contributed by atoms with Crippen molar-refractivity contribution in [1.82, 2.24) is 31.6 Å². The summed E-state index contributed by atoms with van der Waals surface area (Å²) in [6.45, 7) is 2.51. The average molecular weight is 816 g/mol. The quantitative estimate of drug-likeness (QED) is 0.0524. The highest BCUT2D eigenvalue weighted by Crippen LogP contribution is 2.20. The van der Waals surface area contributed by atoms with Gasteiger partial charge in [0.05, 0.1) is 19.1 Å². The van der Waals surface area contributed by atoms with E-state index in [-0.39, 0.29) is 30.9 Å². The number of aliphatic hydroxyl groups is 1. The SMILES string of the molecule is CC(C)[C@H](N)C(=O)N[C@@H](CO)C(=O)N[C@@H](Cc1ccccc1)C(=O)N[C@@H](CC(=O)O)C(=O)N[C@@H](Cc1c[nH]c2ccccc12)C(=O)N[C@@H](Cc1ccc(O)cc1)C(=O)O. The number of hydrogen-bond donors (Lipinski definition) is 11. The van der Waals surface area contributed by atoms with Gasteiger partial charge in [0.1, 0.15) is 36.0 Å². The van der Waals surface area contributed by atoms with Crippen molar-refractivity contribution < 1.29 is 54.0 Å². The van der Waals surface area contributed by atoms with Crippen molar-refractivity contribution in [3.05, 3.63) is 102 Å². The van der Waals surface area contributed by atoms with Crippen molar-refractivity contribution in [3.63, 3.8) is 0 Å². The number of nitrogens with one attached hydrogen (secondary N) is 6. The first-order chi connectivity index (χ1) is 28.1. The van der Waals surface area contributed by atoms with Crippen LogP contribution in [-0.2, 0) is 52.8 Å². The number of carbonyl (C=O) groups excluding carboxylic acids is 5. The molecule has 0 saturated carbocycles. The fourth-order valence-corrected chi connectivity index (χ4v) is 6.09. The third-order valence-electron chi connectivity index (χ3n) is 9.49. The number of phenolic OH excluding ortho intramolecular Hbond substituents is 1. The lowest BCUT2D eigenvalue weighted by molar-refractivity contribution is -0.143. The van der Waals surface area contributed by atoms with Gasteiger partial charge in [-0.05, 0) is 40.8 Å². The van der Waals surface area contributed by atoms with Crippen LogP contribution >= 0.6 is 0 Å². The maximum Gasteiger partial charge on any atom is 0.326 e. The van der Waals surface area contributed by atoms with E-state index in [1.54, 1.807) is 74.6 Å². The van der Waals surface area contributed by atoms with Crippen LogP contribution in [0.1, 0.15) is 37.0 Å².